The van der Waals surface area contributed by atoms with Crippen molar-refractivity contribution in [3.8, 4) is 11.8 Å². The van der Waals surface area contributed by atoms with Crippen molar-refractivity contribution >= 4 is 5.97 Å². The van der Waals surface area contributed by atoms with Crippen molar-refractivity contribution < 1.29 is 24.9 Å². The van der Waals surface area contributed by atoms with Crippen LogP contribution >= 0.6 is 0 Å². The fourth-order valence-corrected chi connectivity index (χ4v) is 3.65. The molecule has 0 amide bonds. The van der Waals surface area contributed by atoms with Crippen molar-refractivity contribution in [3.63, 3.8) is 0 Å². The van der Waals surface area contributed by atoms with Crippen LogP contribution in [0.3, 0.4) is 0 Å². The van der Waals surface area contributed by atoms with Crippen molar-refractivity contribution in [1.82, 2.24) is 0 Å². The highest BCUT2D eigenvalue weighted by molar-refractivity contribution is 5.66. The highest BCUT2D eigenvalue weighted by Gasteiger charge is 2.47. The first kappa shape index (κ1) is 19.8. The lowest BCUT2D eigenvalue weighted by molar-refractivity contribution is -0.137. The molecule has 5 atom stereocenters. The van der Waals surface area contributed by atoms with Gasteiger partial charge in [0.2, 0.25) is 0 Å². The van der Waals surface area contributed by atoms with E-state index in [1.54, 1.807) is 0 Å². The van der Waals surface area contributed by atoms with Gasteiger partial charge in [-0.15, -0.1) is 0 Å². The van der Waals surface area contributed by atoms with E-state index in [9.17, 15) is 15.0 Å². The van der Waals surface area contributed by atoms with Gasteiger partial charge in [-0.05, 0) is 31.8 Å². The molecule has 5 heteroatoms. The maximum Gasteiger partial charge on any atom is 0.303 e. The smallest absolute Gasteiger partial charge is 0.303 e. The van der Waals surface area contributed by atoms with E-state index in [0.717, 1.165) is 31.4 Å². The molecule has 0 radical (unpaired) electrons. The van der Waals surface area contributed by atoms with Gasteiger partial charge in [0, 0.05) is 25.2 Å². The largest absolute Gasteiger partial charge is 0.495 e. The Balaban J connectivity index is 1.85. The second kappa shape index (κ2) is 9.84. The van der Waals surface area contributed by atoms with E-state index in [1.165, 1.54) is 0 Å². The number of carboxylic acids is 1. The van der Waals surface area contributed by atoms with E-state index < -0.39 is 18.2 Å². The molecule has 0 spiro atoms. The highest BCUT2D eigenvalue weighted by atomic mass is 16.5. The average Bonchev–Trinajstić information content (AvgIpc) is 3.06. The third-order valence-corrected chi connectivity index (χ3v) is 5.03. The van der Waals surface area contributed by atoms with Crippen molar-refractivity contribution in [3.05, 3.63) is 11.8 Å². The molecule has 1 aliphatic heterocycles. The molecule has 140 valence electrons. The molecule has 2 rings (SSSR count). The number of ether oxygens (including phenoxy) is 1. The van der Waals surface area contributed by atoms with Crippen molar-refractivity contribution in [2.75, 3.05) is 0 Å². The molecule has 0 aromatic rings. The maximum absolute atomic E-state index is 10.5. The van der Waals surface area contributed by atoms with Crippen LogP contribution in [-0.4, -0.2) is 39.6 Å². The van der Waals surface area contributed by atoms with Crippen LogP contribution in [0.4, 0.5) is 0 Å². The van der Waals surface area contributed by atoms with E-state index in [-0.39, 0.29) is 24.4 Å². The molecular formula is C20H30O5. The van der Waals surface area contributed by atoms with E-state index in [0.29, 0.717) is 25.7 Å². The number of carboxylic acid groups (broad SMARTS) is 1. The standard InChI is InChI=1S/C20H30O5/c1-2-3-4-7-14(21)10-11-16-17-12-15(8-5-6-9-20(23)24)25-19(17)13-18(16)22/h8,14,16-19,21-22H,2-7,9,12-13H2,1H3,(H,23,24)/b15-8-/t14-,16+,17+,18+,19+/m0/s1. The summed E-state index contributed by atoms with van der Waals surface area (Å²) in [5, 5.41) is 28.8. The minimum atomic E-state index is -0.779. The van der Waals surface area contributed by atoms with Gasteiger partial charge in [0.05, 0.1) is 17.8 Å². The van der Waals surface area contributed by atoms with Crippen LogP contribution < -0.4 is 0 Å². The van der Waals surface area contributed by atoms with Crippen LogP contribution in [0.2, 0.25) is 0 Å². The first-order valence-corrected chi connectivity index (χ1v) is 9.46. The molecule has 25 heavy (non-hydrogen) atoms. The monoisotopic (exact) mass is 350 g/mol. The summed E-state index contributed by atoms with van der Waals surface area (Å²) in [7, 11) is 0. The van der Waals surface area contributed by atoms with Crippen LogP contribution in [0, 0.1) is 23.7 Å². The number of unbranched alkanes of at least 4 members (excludes halogenated alkanes) is 3. The number of rotatable bonds is 8. The summed E-state index contributed by atoms with van der Waals surface area (Å²) < 4.78 is 5.90. The molecule has 1 heterocycles. The minimum absolute atomic E-state index is 0.0164. The van der Waals surface area contributed by atoms with E-state index in [1.807, 2.05) is 6.08 Å². The van der Waals surface area contributed by atoms with Gasteiger partial charge in [-0.2, -0.15) is 0 Å². The SMILES string of the molecule is CCCCC[C@H](O)C#C[C@@H]1[C@H]2C/C(=C/CCCC(=O)O)O[C@@H]2C[C@H]1O. The van der Waals surface area contributed by atoms with Gasteiger partial charge >= 0.3 is 5.97 Å². The summed E-state index contributed by atoms with van der Waals surface area (Å²) >= 11 is 0. The summed E-state index contributed by atoms with van der Waals surface area (Å²) in [5.41, 5.74) is 0. The van der Waals surface area contributed by atoms with Crippen LogP contribution in [0.15, 0.2) is 11.8 Å². The molecule has 5 nitrogen and oxygen atoms in total. The van der Waals surface area contributed by atoms with Gasteiger partial charge in [-0.3, -0.25) is 4.79 Å². The summed E-state index contributed by atoms with van der Waals surface area (Å²) in [5.74, 6) is 6.13. The van der Waals surface area contributed by atoms with E-state index in [2.05, 4.69) is 18.8 Å². The first-order valence-electron chi connectivity index (χ1n) is 9.46. The van der Waals surface area contributed by atoms with Crippen LogP contribution in [-0.2, 0) is 9.53 Å². The van der Waals surface area contributed by atoms with Gasteiger partial charge in [0.15, 0.2) is 0 Å². The Morgan fingerprint density at radius 3 is 2.92 bits per heavy atom. The fourth-order valence-electron chi connectivity index (χ4n) is 3.65. The predicted octanol–water partition coefficient (Wildman–Crippen LogP) is 2.86. The lowest BCUT2D eigenvalue weighted by atomic mass is 9.91. The number of carbonyl (C=O) groups is 1. The van der Waals surface area contributed by atoms with Gasteiger partial charge < -0.3 is 20.1 Å². The Morgan fingerprint density at radius 2 is 2.20 bits per heavy atom. The molecule has 0 aromatic carbocycles. The van der Waals surface area contributed by atoms with Crippen LogP contribution in [0.25, 0.3) is 0 Å². The highest BCUT2D eigenvalue weighted by Crippen LogP contribution is 2.44. The van der Waals surface area contributed by atoms with Gasteiger partial charge in [-0.25, -0.2) is 0 Å². The number of aliphatic hydroxyl groups excluding tert-OH is 2. The normalized spacial score (nSPS) is 30.4. The third-order valence-electron chi connectivity index (χ3n) is 5.03. The third kappa shape index (κ3) is 6.05. The topological polar surface area (TPSA) is 87.0 Å². The van der Waals surface area contributed by atoms with E-state index >= 15 is 0 Å². The lowest BCUT2D eigenvalue weighted by Crippen LogP contribution is -2.18. The molecule has 2 aliphatic rings. The van der Waals surface area contributed by atoms with Gasteiger partial charge in [-0.1, -0.05) is 31.6 Å². The second-order valence-corrected chi connectivity index (χ2v) is 7.11. The molecule has 0 bridgehead atoms. The zero-order valence-corrected chi connectivity index (χ0v) is 15.0. The summed E-state index contributed by atoms with van der Waals surface area (Å²) in [6.07, 6.45) is 7.47. The van der Waals surface area contributed by atoms with Gasteiger partial charge in [0.1, 0.15) is 12.2 Å². The number of allylic oxidation sites excluding steroid dienone is 2. The quantitative estimate of drug-likeness (QED) is 0.463. The van der Waals surface area contributed by atoms with Crippen molar-refractivity contribution in [2.45, 2.75) is 83.0 Å². The van der Waals surface area contributed by atoms with Crippen LogP contribution in [0.1, 0.15) is 64.7 Å². The maximum atomic E-state index is 10.5. The molecule has 1 aliphatic carbocycles. The zero-order valence-electron chi connectivity index (χ0n) is 15.0. The Labute approximate surface area is 150 Å². The number of hydrogen-bond donors (Lipinski definition) is 3. The lowest BCUT2D eigenvalue weighted by Gasteiger charge is -2.13. The number of hydrogen-bond acceptors (Lipinski definition) is 4. The van der Waals surface area contributed by atoms with Gasteiger partial charge in [0.25, 0.3) is 0 Å². The summed E-state index contributed by atoms with van der Waals surface area (Å²) in [6, 6.07) is 0. The van der Waals surface area contributed by atoms with Crippen molar-refractivity contribution in [2.24, 2.45) is 11.8 Å². The zero-order chi connectivity index (χ0) is 18.2. The number of aliphatic carboxylic acids is 1. The number of aliphatic hydroxyl groups is 2. The molecule has 3 N–H and O–H groups in total. The first-order chi connectivity index (χ1) is 12.0. The molecule has 2 fully saturated rings. The molecule has 1 saturated heterocycles. The Hall–Kier alpha value is -1.51. The fraction of sp³-hybridized carbons (Fsp3) is 0.750. The predicted molar refractivity (Wildman–Crippen MR) is 94.6 cm³/mol. The van der Waals surface area contributed by atoms with Crippen molar-refractivity contribution in [1.29, 1.82) is 0 Å². The van der Waals surface area contributed by atoms with E-state index in [4.69, 9.17) is 9.84 Å². The number of fused-ring (bicyclic) bond motifs is 1. The average molecular weight is 350 g/mol. The van der Waals surface area contributed by atoms with Crippen LogP contribution in [0.5, 0.6) is 0 Å². The second-order valence-electron chi connectivity index (χ2n) is 7.11. The molecular weight excluding hydrogens is 320 g/mol. The molecule has 1 saturated carbocycles. The summed E-state index contributed by atoms with van der Waals surface area (Å²) in [4.78, 5) is 10.5. The molecule has 0 unspecified atom stereocenters. The Kier molecular flexibility index (Phi) is 7.80. The minimum Gasteiger partial charge on any atom is -0.495 e. The Morgan fingerprint density at radius 1 is 1.40 bits per heavy atom. The Bertz CT molecular complexity index is 530. The summed E-state index contributed by atoms with van der Waals surface area (Å²) in [6.45, 7) is 2.12. The molecule has 0 aromatic heterocycles.